The molecule has 1 aromatic rings. The van der Waals surface area contributed by atoms with Crippen molar-refractivity contribution in [3.8, 4) is 5.88 Å². The minimum Gasteiger partial charge on any atom is -0.462 e. The zero-order valence-corrected chi connectivity index (χ0v) is 13.3. The summed E-state index contributed by atoms with van der Waals surface area (Å²) in [5, 5.41) is 0.0664. The molecule has 0 saturated carbocycles. The zero-order chi connectivity index (χ0) is 14.6. The minimum atomic E-state index is -4.83. The SMILES string of the molecule is CCOC(=O)c1cnc(OC(F)(F)F)c(CBr)c1I. The third-order valence-electron chi connectivity index (χ3n) is 1.91. The van der Waals surface area contributed by atoms with Crippen molar-refractivity contribution in [2.75, 3.05) is 6.61 Å². The van der Waals surface area contributed by atoms with E-state index in [1.807, 2.05) is 0 Å². The van der Waals surface area contributed by atoms with Crippen LogP contribution in [0.4, 0.5) is 13.2 Å². The smallest absolute Gasteiger partial charge is 0.462 e. The minimum absolute atomic E-state index is 0.0664. The van der Waals surface area contributed by atoms with Gasteiger partial charge in [-0.1, -0.05) is 15.9 Å². The lowest BCUT2D eigenvalue weighted by atomic mass is 10.2. The van der Waals surface area contributed by atoms with Crippen LogP contribution in [0.2, 0.25) is 0 Å². The molecule has 0 aliphatic heterocycles. The first-order chi connectivity index (χ1) is 8.80. The number of ether oxygens (including phenoxy) is 2. The van der Waals surface area contributed by atoms with Crippen molar-refractivity contribution in [1.82, 2.24) is 4.98 Å². The Hall–Kier alpha value is -0.580. The lowest BCUT2D eigenvalue weighted by Gasteiger charge is -2.14. The molecule has 0 spiro atoms. The van der Waals surface area contributed by atoms with Gasteiger partial charge < -0.3 is 9.47 Å². The second kappa shape index (κ2) is 6.73. The molecule has 0 radical (unpaired) electrons. The standard InChI is InChI=1S/C10H8BrF3INO3/c1-2-18-9(17)6-4-16-8(19-10(12,13)14)5(3-11)7(6)15/h4H,2-3H2,1H3. The van der Waals surface area contributed by atoms with Crippen LogP contribution >= 0.6 is 38.5 Å². The molecule has 9 heteroatoms. The van der Waals surface area contributed by atoms with Crippen LogP contribution in [0.25, 0.3) is 0 Å². The number of esters is 1. The number of rotatable bonds is 4. The number of pyridine rings is 1. The third-order valence-corrected chi connectivity index (χ3v) is 3.70. The lowest BCUT2D eigenvalue weighted by molar-refractivity contribution is -0.276. The number of hydrogen-bond donors (Lipinski definition) is 0. The summed E-state index contributed by atoms with van der Waals surface area (Å²) in [6.07, 6.45) is -3.83. The number of hydrogen-bond acceptors (Lipinski definition) is 4. The summed E-state index contributed by atoms with van der Waals surface area (Å²) in [4.78, 5) is 15.1. The van der Waals surface area contributed by atoms with E-state index in [1.54, 1.807) is 29.5 Å². The fourth-order valence-electron chi connectivity index (χ4n) is 1.18. The summed E-state index contributed by atoms with van der Waals surface area (Å²) in [6, 6.07) is 0. The van der Waals surface area contributed by atoms with E-state index in [9.17, 15) is 18.0 Å². The quantitative estimate of drug-likeness (QED) is 0.396. The van der Waals surface area contributed by atoms with Gasteiger partial charge in [0.15, 0.2) is 0 Å². The van der Waals surface area contributed by atoms with E-state index in [0.717, 1.165) is 6.20 Å². The Morgan fingerprint density at radius 2 is 2.16 bits per heavy atom. The number of nitrogens with zero attached hydrogens (tertiary/aromatic N) is 1. The van der Waals surface area contributed by atoms with Crippen LogP contribution in [0.15, 0.2) is 6.20 Å². The van der Waals surface area contributed by atoms with E-state index in [4.69, 9.17) is 4.74 Å². The summed E-state index contributed by atoms with van der Waals surface area (Å²) < 4.78 is 45.5. The summed E-state index contributed by atoms with van der Waals surface area (Å²) in [7, 11) is 0. The molecule has 0 N–H and O–H groups in total. The van der Waals surface area contributed by atoms with Crippen molar-refractivity contribution in [2.24, 2.45) is 0 Å². The molecule has 0 unspecified atom stereocenters. The van der Waals surface area contributed by atoms with Gasteiger partial charge in [0.2, 0.25) is 5.88 Å². The Bertz CT molecular complexity index is 482. The molecule has 0 aliphatic rings. The zero-order valence-electron chi connectivity index (χ0n) is 9.55. The van der Waals surface area contributed by atoms with E-state index < -0.39 is 18.2 Å². The molecule has 1 rings (SSSR count). The Balaban J connectivity index is 3.19. The number of alkyl halides is 4. The highest BCUT2D eigenvalue weighted by Gasteiger charge is 2.33. The Morgan fingerprint density at radius 3 is 2.63 bits per heavy atom. The highest BCUT2D eigenvalue weighted by atomic mass is 127. The monoisotopic (exact) mass is 453 g/mol. The average Bonchev–Trinajstić information content (AvgIpc) is 2.27. The van der Waals surface area contributed by atoms with Crippen LogP contribution in [0.5, 0.6) is 5.88 Å². The molecule has 0 bridgehead atoms. The molecular formula is C10H8BrF3INO3. The first-order valence-corrected chi connectivity index (χ1v) is 7.16. The van der Waals surface area contributed by atoms with Crippen molar-refractivity contribution in [3.05, 3.63) is 20.9 Å². The van der Waals surface area contributed by atoms with Crippen LogP contribution in [-0.2, 0) is 10.1 Å². The number of halogens is 5. The molecule has 0 saturated heterocycles. The fourth-order valence-corrected chi connectivity index (χ4v) is 3.00. The van der Waals surface area contributed by atoms with Gasteiger partial charge in [0.1, 0.15) is 0 Å². The van der Waals surface area contributed by atoms with Crippen molar-refractivity contribution in [1.29, 1.82) is 0 Å². The molecule has 0 amide bonds. The van der Waals surface area contributed by atoms with Gasteiger partial charge in [0.05, 0.1) is 12.2 Å². The van der Waals surface area contributed by atoms with Crippen LogP contribution in [0.1, 0.15) is 22.8 Å². The van der Waals surface area contributed by atoms with Crippen LogP contribution < -0.4 is 4.74 Å². The molecule has 4 nitrogen and oxygen atoms in total. The fraction of sp³-hybridized carbons (Fsp3) is 0.400. The predicted molar refractivity (Wildman–Crippen MR) is 72.2 cm³/mol. The van der Waals surface area contributed by atoms with E-state index in [1.165, 1.54) is 0 Å². The lowest BCUT2D eigenvalue weighted by Crippen LogP contribution is -2.20. The second-order valence-corrected chi connectivity index (χ2v) is 4.81. The molecular weight excluding hydrogens is 446 g/mol. The van der Waals surface area contributed by atoms with Gasteiger partial charge in [-0.2, -0.15) is 0 Å². The summed E-state index contributed by atoms with van der Waals surface area (Å²) in [5.41, 5.74) is 0.245. The van der Waals surface area contributed by atoms with Crippen molar-refractivity contribution < 1.29 is 27.4 Å². The van der Waals surface area contributed by atoms with Gasteiger partial charge >= 0.3 is 12.3 Å². The Morgan fingerprint density at radius 1 is 1.53 bits per heavy atom. The molecule has 0 aromatic carbocycles. The van der Waals surface area contributed by atoms with Gasteiger partial charge in [-0.25, -0.2) is 9.78 Å². The Kier molecular flexibility index (Phi) is 5.83. The van der Waals surface area contributed by atoms with Crippen molar-refractivity contribution in [2.45, 2.75) is 18.6 Å². The van der Waals surface area contributed by atoms with E-state index in [2.05, 4.69) is 25.7 Å². The van der Waals surface area contributed by atoms with Gasteiger partial charge in [-0.15, -0.1) is 13.2 Å². The predicted octanol–water partition coefficient (Wildman–Crippen LogP) is 3.66. The molecule has 0 fully saturated rings. The van der Waals surface area contributed by atoms with E-state index >= 15 is 0 Å². The number of aromatic nitrogens is 1. The van der Waals surface area contributed by atoms with Crippen LogP contribution in [0.3, 0.4) is 0 Å². The van der Waals surface area contributed by atoms with E-state index in [0.29, 0.717) is 3.57 Å². The number of carbonyl (C=O) groups excluding carboxylic acids is 1. The van der Waals surface area contributed by atoms with Gasteiger partial charge in [0.25, 0.3) is 0 Å². The normalized spacial score (nSPS) is 11.3. The summed E-state index contributed by atoms with van der Waals surface area (Å²) in [5.74, 6) is -1.22. The highest BCUT2D eigenvalue weighted by molar-refractivity contribution is 14.1. The van der Waals surface area contributed by atoms with Crippen LogP contribution in [-0.4, -0.2) is 23.9 Å². The summed E-state index contributed by atoms with van der Waals surface area (Å²) in [6.45, 7) is 1.80. The molecule has 0 atom stereocenters. The maximum absolute atomic E-state index is 12.2. The molecule has 19 heavy (non-hydrogen) atoms. The molecule has 0 aliphatic carbocycles. The maximum atomic E-state index is 12.2. The first-order valence-electron chi connectivity index (χ1n) is 4.96. The van der Waals surface area contributed by atoms with E-state index in [-0.39, 0.29) is 23.1 Å². The largest absolute Gasteiger partial charge is 0.574 e. The summed E-state index contributed by atoms with van der Waals surface area (Å²) >= 11 is 4.80. The van der Waals surface area contributed by atoms with Gasteiger partial charge in [-0.05, 0) is 29.5 Å². The topological polar surface area (TPSA) is 48.4 Å². The van der Waals surface area contributed by atoms with Crippen LogP contribution in [0, 0.1) is 3.57 Å². The third kappa shape index (κ3) is 4.48. The molecule has 1 heterocycles. The second-order valence-electron chi connectivity index (χ2n) is 3.17. The molecule has 1 aromatic heterocycles. The maximum Gasteiger partial charge on any atom is 0.574 e. The highest BCUT2D eigenvalue weighted by Crippen LogP contribution is 2.31. The number of carbonyl (C=O) groups is 1. The van der Waals surface area contributed by atoms with Crippen molar-refractivity contribution in [3.63, 3.8) is 0 Å². The average molecular weight is 454 g/mol. The van der Waals surface area contributed by atoms with Gasteiger partial charge in [-0.3, -0.25) is 0 Å². The Labute approximate surface area is 128 Å². The molecule has 106 valence electrons. The van der Waals surface area contributed by atoms with Gasteiger partial charge in [0, 0.05) is 20.7 Å². The first kappa shape index (κ1) is 16.5. The van der Waals surface area contributed by atoms with Crippen molar-refractivity contribution >= 4 is 44.5 Å².